The molecule has 0 bridgehead atoms. The van der Waals surface area contributed by atoms with Gasteiger partial charge in [0.05, 0.1) is 6.61 Å². The molecule has 3 heteroatoms. The summed E-state index contributed by atoms with van der Waals surface area (Å²) in [6.07, 6.45) is 19.3. The molecule has 0 spiro atoms. The number of nitrogens with two attached hydrogens (primary N) is 1. The molecule has 0 aliphatic rings. The molecule has 2 nitrogen and oxygen atoms in total. The third-order valence-electron chi connectivity index (χ3n) is 5.50. The lowest BCUT2D eigenvalue weighted by atomic mass is 9.86. The van der Waals surface area contributed by atoms with Crippen molar-refractivity contribution >= 4 is 18.1 Å². The first kappa shape index (κ1) is 28.1. The number of ether oxygens (including phenoxy) is 1. The Labute approximate surface area is 187 Å². The zero-order valence-electron chi connectivity index (χ0n) is 19.7. The second-order valence-corrected chi connectivity index (χ2v) is 9.36. The van der Waals surface area contributed by atoms with Gasteiger partial charge in [-0.25, -0.2) is 0 Å². The molecule has 1 aromatic rings. The van der Waals surface area contributed by atoms with E-state index < -0.39 is 0 Å². The van der Waals surface area contributed by atoms with Gasteiger partial charge < -0.3 is 10.5 Å². The summed E-state index contributed by atoms with van der Waals surface area (Å²) in [4.78, 5) is 0. The molecule has 0 unspecified atom stereocenters. The second-order valence-electron chi connectivity index (χ2n) is 9.36. The summed E-state index contributed by atoms with van der Waals surface area (Å²) in [7, 11) is 0. The summed E-state index contributed by atoms with van der Waals surface area (Å²) in [6.45, 7) is 9.66. The van der Waals surface area contributed by atoms with E-state index in [4.69, 9.17) is 10.5 Å². The fourth-order valence-corrected chi connectivity index (χ4v) is 3.68. The largest absolute Gasteiger partial charge is 0.493 e. The molecule has 1 aromatic carbocycles. The summed E-state index contributed by atoms with van der Waals surface area (Å²) in [5.74, 6) is 0.941. The lowest BCUT2D eigenvalue weighted by Crippen LogP contribution is -2.14. The van der Waals surface area contributed by atoms with E-state index in [1.807, 2.05) is 12.1 Å². The van der Waals surface area contributed by atoms with Crippen LogP contribution in [0.1, 0.15) is 123 Å². The summed E-state index contributed by atoms with van der Waals surface area (Å²) >= 11 is 0. The van der Waals surface area contributed by atoms with Crippen LogP contribution in [0.5, 0.6) is 5.75 Å². The summed E-state index contributed by atoms with van der Waals surface area (Å²) < 4.78 is 6.04. The van der Waals surface area contributed by atoms with Crippen LogP contribution in [0.25, 0.3) is 0 Å². The molecule has 1 radical (unpaired) electrons. The average molecular weight is 425 g/mol. The number of hydrogen-bond acceptors (Lipinski definition) is 2. The van der Waals surface area contributed by atoms with E-state index in [1.54, 1.807) is 0 Å². The summed E-state index contributed by atoms with van der Waals surface area (Å²) in [6, 6.07) is 6.97. The van der Waals surface area contributed by atoms with Crippen LogP contribution in [0.2, 0.25) is 0 Å². The third-order valence-corrected chi connectivity index (χ3v) is 5.50. The zero-order chi connectivity index (χ0) is 20.7. The molecule has 0 saturated heterocycles. The van der Waals surface area contributed by atoms with Gasteiger partial charge in [-0.15, -0.1) is 12.4 Å². The van der Waals surface area contributed by atoms with Crippen LogP contribution in [0.4, 0.5) is 5.69 Å². The van der Waals surface area contributed by atoms with Crippen LogP contribution in [0.15, 0.2) is 12.1 Å². The number of hydrogen-bond donors (Lipinski definition) is 1. The highest BCUT2D eigenvalue weighted by atomic mass is 35.5. The molecule has 1 rings (SSSR count). The van der Waals surface area contributed by atoms with E-state index in [0.29, 0.717) is 5.69 Å². The molecule has 0 aliphatic carbocycles. The van der Waals surface area contributed by atoms with E-state index in [-0.39, 0.29) is 17.8 Å². The maximum Gasteiger partial charge on any atom is 0.123 e. The fourth-order valence-electron chi connectivity index (χ4n) is 3.68. The van der Waals surface area contributed by atoms with Gasteiger partial charge in [0.15, 0.2) is 0 Å². The minimum atomic E-state index is 0. The van der Waals surface area contributed by atoms with Gasteiger partial charge >= 0.3 is 0 Å². The van der Waals surface area contributed by atoms with Crippen molar-refractivity contribution in [1.82, 2.24) is 0 Å². The van der Waals surface area contributed by atoms with Crippen molar-refractivity contribution in [2.24, 2.45) is 0 Å². The molecule has 29 heavy (non-hydrogen) atoms. The molecule has 169 valence electrons. The monoisotopic (exact) mass is 424 g/mol. The van der Waals surface area contributed by atoms with E-state index >= 15 is 0 Å². The lowest BCUT2D eigenvalue weighted by Gasteiger charge is -2.23. The third kappa shape index (κ3) is 13.9. The molecule has 0 atom stereocenters. The minimum Gasteiger partial charge on any atom is -0.493 e. The van der Waals surface area contributed by atoms with Crippen molar-refractivity contribution in [1.29, 1.82) is 0 Å². The van der Waals surface area contributed by atoms with Crippen LogP contribution in [-0.2, 0) is 5.41 Å². The van der Waals surface area contributed by atoms with Crippen molar-refractivity contribution in [3.05, 3.63) is 23.8 Å². The normalized spacial score (nSPS) is 11.3. The standard InChI is InChI=1S/C26H46NO.ClH/c1-5-6-7-8-9-10-11-12-13-14-15-16-17-18-21-28-25-20-19-23(27)22-24(25)26(2,3)4;/h20,22H,5-18,21,27H2,1-4H3;1H. The first-order valence-electron chi connectivity index (χ1n) is 11.9. The van der Waals surface area contributed by atoms with Crippen molar-refractivity contribution < 1.29 is 4.74 Å². The zero-order valence-corrected chi connectivity index (χ0v) is 20.5. The fraction of sp³-hybridized carbons (Fsp3) is 0.769. The number of benzene rings is 1. The van der Waals surface area contributed by atoms with Crippen LogP contribution >= 0.6 is 12.4 Å². The second kappa shape index (κ2) is 16.9. The number of unbranched alkanes of at least 4 members (excludes halogenated alkanes) is 13. The summed E-state index contributed by atoms with van der Waals surface area (Å²) in [5.41, 5.74) is 7.80. The van der Waals surface area contributed by atoms with E-state index in [9.17, 15) is 0 Å². The Morgan fingerprint density at radius 2 is 1.24 bits per heavy atom. The van der Waals surface area contributed by atoms with Gasteiger partial charge in [-0.05, 0) is 24.0 Å². The van der Waals surface area contributed by atoms with Crippen LogP contribution in [0.3, 0.4) is 0 Å². The Hall–Kier alpha value is -0.890. The van der Waals surface area contributed by atoms with Crippen LogP contribution < -0.4 is 10.5 Å². The molecular formula is C26H47ClNO. The maximum atomic E-state index is 6.04. The van der Waals surface area contributed by atoms with Gasteiger partial charge in [-0.3, -0.25) is 0 Å². The van der Waals surface area contributed by atoms with E-state index in [2.05, 4.69) is 33.8 Å². The Balaban J connectivity index is 0.00000784. The van der Waals surface area contributed by atoms with Gasteiger partial charge in [0.2, 0.25) is 0 Å². The smallest absolute Gasteiger partial charge is 0.123 e. The quantitative estimate of drug-likeness (QED) is 0.213. The highest BCUT2D eigenvalue weighted by Gasteiger charge is 2.19. The Morgan fingerprint density at radius 1 is 0.793 bits per heavy atom. The first-order chi connectivity index (χ1) is 13.4. The Bertz CT molecular complexity index is 510. The lowest BCUT2D eigenvalue weighted by molar-refractivity contribution is 0.296. The average Bonchev–Trinajstić information content (AvgIpc) is 2.65. The van der Waals surface area contributed by atoms with Crippen molar-refractivity contribution in [2.45, 2.75) is 123 Å². The highest BCUT2D eigenvalue weighted by molar-refractivity contribution is 5.85. The number of anilines is 1. The molecule has 0 saturated carbocycles. The van der Waals surface area contributed by atoms with Gasteiger partial charge in [0.25, 0.3) is 0 Å². The number of rotatable bonds is 16. The first-order valence-corrected chi connectivity index (χ1v) is 11.9. The van der Waals surface area contributed by atoms with Crippen LogP contribution in [-0.4, -0.2) is 6.61 Å². The van der Waals surface area contributed by atoms with E-state index in [0.717, 1.165) is 18.8 Å². The molecule has 0 amide bonds. The Kier molecular flexibility index (Phi) is 16.3. The minimum absolute atomic E-state index is 0. The number of nitrogen functional groups attached to an aromatic ring is 1. The molecule has 0 fully saturated rings. The van der Waals surface area contributed by atoms with Crippen molar-refractivity contribution in [2.75, 3.05) is 12.3 Å². The predicted octanol–water partition coefficient (Wildman–Crippen LogP) is 8.65. The van der Waals surface area contributed by atoms with Gasteiger partial charge in [-0.2, -0.15) is 0 Å². The molecule has 2 N–H and O–H groups in total. The SMILES string of the molecule is CCCCCCCCCCCCCCCCOc1c[c]c(N)cc1C(C)(C)C.Cl. The topological polar surface area (TPSA) is 35.2 Å². The maximum absolute atomic E-state index is 6.04. The molecule has 0 heterocycles. The van der Waals surface area contributed by atoms with E-state index in [1.165, 1.54) is 89.0 Å². The molecule has 0 aliphatic heterocycles. The van der Waals surface area contributed by atoms with Crippen molar-refractivity contribution in [3.8, 4) is 5.75 Å². The van der Waals surface area contributed by atoms with Gasteiger partial charge in [-0.1, -0.05) is 111 Å². The predicted molar refractivity (Wildman–Crippen MR) is 131 cm³/mol. The van der Waals surface area contributed by atoms with Crippen molar-refractivity contribution in [3.63, 3.8) is 0 Å². The summed E-state index contributed by atoms with van der Waals surface area (Å²) in [5, 5.41) is 0. The van der Waals surface area contributed by atoms with Gasteiger partial charge in [0.1, 0.15) is 5.75 Å². The van der Waals surface area contributed by atoms with Gasteiger partial charge in [0, 0.05) is 17.3 Å². The highest BCUT2D eigenvalue weighted by Crippen LogP contribution is 2.32. The number of halogens is 1. The molecular weight excluding hydrogens is 378 g/mol. The molecule has 0 aromatic heterocycles. The van der Waals surface area contributed by atoms with Crippen LogP contribution in [0, 0.1) is 6.07 Å². The Morgan fingerprint density at radius 3 is 1.69 bits per heavy atom.